The zero-order valence-corrected chi connectivity index (χ0v) is 14.6. The Kier molecular flexibility index (Phi) is 5.80. The van der Waals surface area contributed by atoms with Crippen molar-refractivity contribution in [1.82, 2.24) is 0 Å². The summed E-state index contributed by atoms with van der Waals surface area (Å²) in [5.74, 6) is 0. The van der Waals surface area contributed by atoms with E-state index in [1.807, 2.05) is 0 Å². The van der Waals surface area contributed by atoms with E-state index in [0.717, 1.165) is 13.0 Å². The van der Waals surface area contributed by atoms with Crippen molar-refractivity contribution in [2.45, 2.75) is 6.42 Å². The summed E-state index contributed by atoms with van der Waals surface area (Å²) in [6.07, 6.45) is 0.988. The Balaban J connectivity index is 1.76. The first-order valence-electron chi connectivity index (χ1n) is 7.78. The summed E-state index contributed by atoms with van der Waals surface area (Å²) in [7, 11) is 0. The van der Waals surface area contributed by atoms with Gasteiger partial charge in [-0.1, -0.05) is 0 Å². The van der Waals surface area contributed by atoms with Crippen molar-refractivity contribution >= 4 is 24.0 Å². The van der Waals surface area contributed by atoms with Gasteiger partial charge in [0.05, 0.1) is 0 Å². The fraction of sp³-hybridized carbons (Fsp3) is 0.0952. The van der Waals surface area contributed by atoms with Crippen LogP contribution < -0.4 is 4.46 Å². The van der Waals surface area contributed by atoms with Crippen LogP contribution >= 0.6 is 0 Å². The van der Waals surface area contributed by atoms with Crippen molar-refractivity contribution < 1.29 is 0 Å². The fourth-order valence-corrected chi connectivity index (χ4v) is 4.24. The summed E-state index contributed by atoms with van der Waals surface area (Å²) in [6, 6.07) is 31.8. The van der Waals surface area contributed by atoms with Crippen LogP contribution in [-0.2, 0) is 6.42 Å². The molecule has 3 aromatic rings. The van der Waals surface area contributed by atoms with Crippen LogP contribution in [0.4, 0.5) is 0 Å². The number of aliphatic imine (C=N–C) groups is 1. The summed E-state index contributed by atoms with van der Waals surface area (Å²) in [5.41, 5.74) is 2.58. The maximum atomic E-state index is 4.93. The van der Waals surface area contributed by atoms with Crippen LogP contribution in [0, 0.1) is 0 Å². The second-order valence-electron chi connectivity index (χ2n) is 5.20. The number of benzene rings is 3. The molecule has 0 aliphatic heterocycles. The van der Waals surface area contributed by atoms with Crippen LogP contribution in [0.15, 0.2) is 96.0 Å². The van der Waals surface area contributed by atoms with E-state index >= 15 is 0 Å². The average molecular weight is 364 g/mol. The van der Waals surface area contributed by atoms with Gasteiger partial charge >= 0.3 is 144 Å². The molecule has 0 aliphatic rings. The van der Waals surface area contributed by atoms with E-state index in [1.54, 1.807) is 0 Å². The molecule has 0 unspecified atom stereocenters. The first-order valence-corrected chi connectivity index (χ1v) is 9.50. The standard InChI is InChI=1S/C21H19NSe/c1-4-10-18(11-5-1)16-17-22-21(19-12-6-2-7-13-19)23-20-14-8-3-9-15-20/h1-15H,16-17H2. The molecule has 0 spiro atoms. The van der Waals surface area contributed by atoms with E-state index < -0.39 is 0 Å². The molecule has 0 radical (unpaired) electrons. The van der Waals surface area contributed by atoms with Gasteiger partial charge in [0.1, 0.15) is 0 Å². The third kappa shape index (κ3) is 4.92. The number of hydrogen-bond acceptors (Lipinski definition) is 1. The molecule has 0 bridgehead atoms. The SMILES string of the molecule is c1ccc(CCN=C([Se]c2ccccc2)c2ccccc2)cc1. The molecule has 0 N–H and O–H groups in total. The summed E-state index contributed by atoms with van der Waals surface area (Å²) in [6.45, 7) is 0.836. The molecule has 0 fully saturated rings. The summed E-state index contributed by atoms with van der Waals surface area (Å²) in [4.78, 5) is 4.93. The molecule has 114 valence electrons. The topological polar surface area (TPSA) is 12.4 Å². The van der Waals surface area contributed by atoms with Crippen LogP contribution in [0.25, 0.3) is 0 Å². The Labute approximate surface area is 144 Å². The molecule has 1 nitrogen and oxygen atoms in total. The van der Waals surface area contributed by atoms with Gasteiger partial charge in [-0.3, -0.25) is 0 Å². The van der Waals surface area contributed by atoms with Gasteiger partial charge in [0.15, 0.2) is 0 Å². The molecule has 3 aromatic carbocycles. The second kappa shape index (κ2) is 8.47. The Morgan fingerprint density at radius 1 is 0.696 bits per heavy atom. The van der Waals surface area contributed by atoms with Crippen molar-refractivity contribution in [3.8, 4) is 0 Å². The van der Waals surface area contributed by atoms with Gasteiger partial charge in [0.25, 0.3) is 0 Å². The molecule has 0 aliphatic carbocycles. The number of nitrogens with zero attached hydrogens (tertiary/aromatic N) is 1. The van der Waals surface area contributed by atoms with Crippen molar-refractivity contribution in [2.75, 3.05) is 6.54 Å². The molecule has 23 heavy (non-hydrogen) atoms. The molecular weight excluding hydrogens is 345 g/mol. The Morgan fingerprint density at radius 3 is 1.91 bits per heavy atom. The molecule has 0 heterocycles. The van der Waals surface area contributed by atoms with Gasteiger partial charge < -0.3 is 0 Å². The molecule has 0 saturated heterocycles. The van der Waals surface area contributed by atoms with Crippen LogP contribution in [0.3, 0.4) is 0 Å². The Morgan fingerprint density at radius 2 is 1.26 bits per heavy atom. The fourth-order valence-electron chi connectivity index (χ4n) is 2.29. The Bertz CT molecular complexity index is 737. The van der Waals surface area contributed by atoms with Gasteiger partial charge in [0.2, 0.25) is 0 Å². The van der Waals surface area contributed by atoms with Crippen LogP contribution in [-0.4, -0.2) is 26.1 Å². The zero-order valence-electron chi connectivity index (χ0n) is 12.9. The van der Waals surface area contributed by atoms with Crippen LogP contribution in [0.2, 0.25) is 0 Å². The van der Waals surface area contributed by atoms with Crippen molar-refractivity contribution in [2.24, 2.45) is 4.99 Å². The third-order valence-corrected chi connectivity index (χ3v) is 5.71. The molecular formula is C21H19NSe. The van der Waals surface area contributed by atoms with Crippen molar-refractivity contribution in [1.29, 1.82) is 0 Å². The minimum atomic E-state index is 0.235. The Hall–Kier alpha value is -2.15. The van der Waals surface area contributed by atoms with Gasteiger partial charge in [0, 0.05) is 0 Å². The number of hydrogen-bond donors (Lipinski definition) is 0. The van der Waals surface area contributed by atoms with Gasteiger partial charge in [-0.25, -0.2) is 0 Å². The normalized spacial score (nSPS) is 11.4. The van der Waals surface area contributed by atoms with E-state index in [0.29, 0.717) is 0 Å². The molecule has 0 atom stereocenters. The first-order chi connectivity index (χ1) is 11.4. The quantitative estimate of drug-likeness (QED) is 0.467. The minimum absolute atomic E-state index is 0.235. The van der Waals surface area contributed by atoms with E-state index in [1.165, 1.54) is 20.2 Å². The van der Waals surface area contributed by atoms with Gasteiger partial charge in [-0.15, -0.1) is 0 Å². The van der Waals surface area contributed by atoms with E-state index in [2.05, 4.69) is 91.0 Å². The summed E-state index contributed by atoms with van der Waals surface area (Å²) >= 11 is 0.235. The van der Waals surface area contributed by atoms with Gasteiger partial charge in [-0.05, 0) is 0 Å². The van der Waals surface area contributed by atoms with Crippen LogP contribution in [0.1, 0.15) is 11.1 Å². The summed E-state index contributed by atoms with van der Waals surface area (Å²) in [5, 5.41) is 0. The van der Waals surface area contributed by atoms with E-state index in [4.69, 9.17) is 4.99 Å². The molecule has 0 aromatic heterocycles. The molecule has 0 amide bonds. The predicted octanol–water partition coefficient (Wildman–Crippen LogP) is 3.71. The van der Waals surface area contributed by atoms with E-state index in [9.17, 15) is 0 Å². The number of rotatable bonds is 6. The maximum absolute atomic E-state index is 4.93. The third-order valence-electron chi connectivity index (χ3n) is 3.48. The van der Waals surface area contributed by atoms with Gasteiger partial charge in [-0.2, -0.15) is 0 Å². The van der Waals surface area contributed by atoms with Crippen LogP contribution in [0.5, 0.6) is 0 Å². The monoisotopic (exact) mass is 365 g/mol. The van der Waals surface area contributed by atoms with Crippen molar-refractivity contribution in [3.63, 3.8) is 0 Å². The molecule has 2 heteroatoms. The van der Waals surface area contributed by atoms with E-state index in [-0.39, 0.29) is 15.0 Å². The summed E-state index contributed by atoms with van der Waals surface area (Å²) < 4.78 is 2.59. The second-order valence-corrected chi connectivity index (χ2v) is 7.43. The predicted molar refractivity (Wildman–Crippen MR) is 99.8 cm³/mol. The zero-order chi connectivity index (χ0) is 15.7. The average Bonchev–Trinajstić information content (AvgIpc) is 2.63. The van der Waals surface area contributed by atoms with Crippen molar-refractivity contribution in [3.05, 3.63) is 102 Å². The first kappa shape index (κ1) is 15.7. The molecule has 3 rings (SSSR count). The molecule has 0 saturated carbocycles.